The number of thiol groups is 1. The molecular formula is C9H16O2S. The van der Waals surface area contributed by atoms with Crippen molar-refractivity contribution in [2.24, 2.45) is 0 Å². The quantitative estimate of drug-likeness (QED) is 0.417. The molecule has 0 N–H and O–H groups in total. The molecule has 0 radical (unpaired) electrons. The average Bonchev–Trinajstić information content (AvgIpc) is 1.85. The van der Waals surface area contributed by atoms with Gasteiger partial charge < -0.3 is 4.74 Å². The molecule has 70 valence electrons. The van der Waals surface area contributed by atoms with Crippen LogP contribution in [-0.2, 0) is 9.53 Å². The second kappa shape index (κ2) is 3.99. The highest BCUT2D eigenvalue weighted by atomic mass is 32.1. The summed E-state index contributed by atoms with van der Waals surface area (Å²) in [6, 6.07) is 0. The highest BCUT2D eigenvalue weighted by molar-refractivity contribution is 7.81. The first-order valence-corrected chi connectivity index (χ1v) is 4.36. The second-order valence-corrected chi connectivity index (χ2v) is 4.22. The Balaban J connectivity index is 4.25. The Morgan fingerprint density at radius 3 is 2.25 bits per heavy atom. The Morgan fingerprint density at radius 1 is 1.58 bits per heavy atom. The maximum Gasteiger partial charge on any atom is 0.333 e. The molecule has 3 heteroatoms. The topological polar surface area (TPSA) is 26.3 Å². The van der Waals surface area contributed by atoms with Crippen LogP contribution in [0.1, 0.15) is 27.7 Å². The van der Waals surface area contributed by atoms with Crippen LogP contribution in [0, 0.1) is 0 Å². The molecule has 0 aromatic heterocycles. The number of hydrogen-bond acceptors (Lipinski definition) is 3. The fourth-order valence-corrected chi connectivity index (χ4v) is 0.464. The molecule has 2 nitrogen and oxygen atoms in total. The van der Waals surface area contributed by atoms with Gasteiger partial charge in [-0.1, -0.05) is 6.58 Å². The van der Waals surface area contributed by atoms with Gasteiger partial charge in [0.15, 0.2) is 0 Å². The molecular weight excluding hydrogens is 172 g/mol. The van der Waals surface area contributed by atoms with Crippen molar-refractivity contribution >= 4 is 18.6 Å². The first-order valence-electron chi connectivity index (χ1n) is 3.84. The second-order valence-electron chi connectivity index (χ2n) is 3.45. The van der Waals surface area contributed by atoms with Crippen LogP contribution >= 0.6 is 12.6 Å². The van der Waals surface area contributed by atoms with Gasteiger partial charge in [0.1, 0.15) is 5.60 Å². The molecule has 0 rings (SSSR count). The molecule has 0 aromatic carbocycles. The molecule has 0 aliphatic rings. The van der Waals surface area contributed by atoms with Crippen molar-refractivity contribution < 1.29 is 9.53 Å². The Hall–Kier alpha value is -0.440. The minimum Gasteiger partial charge on any atom is -0.455 e. The van der Waals surface area contributed by atoms with Crippen molar-refractivity contribution in [3.8, 4) is 0 Å². The molecule has 0 fully saturated rings. The summed E-state index contributed by atoms with van der Waals surface area (Å²) in [6.45, 7) is 10.7. The van der Waals surface area contributed by atoms with E-state index in [1.807, 2.05) is 20.8 Å². The number of ether oxygens (including phenoxy) is 1. The van der Waals surface area contributed by atoms with Crippen molar-refractivity contribution in [2.45, 2.75) is 38.5 Å². The smallest absolute Gasteiger partial charge is 0.333 e. The molecule has 0 heterocycles. The fraction of sp³-hybridized carbons (Fsp3) is 0.667. The molecule has 0 aliphatic carbocycles. The molecule has 0 saturated carbocycles. The van der Waals surface area contributed by atoms with Crippen LogP contribution in [0.15, 0.2) is 12.2 Å². The third-order valence-electron chi connectivity index (χ3n) is 1.71. The van der Waals surface area contributed by atoms with Gasteiger partial charge >= 0.3 is 5.97 Å². The number of hydrogen-bond donors (Lipinski definition) is 1. The summed E-state index contributed by atoms with van der Waals surface area (Å²) < 4.78 is 5.15. The van der Waals surface area contributed by atoms with Gasteiger partial charge in [-0.3, -0.25) is 0 Å². The van der Waals surface area contributed by atoms with E-state index >= 15 is 0 Å². The number of rotatable bonds is 3. The van der Waals surface area contributed by atoms with E-state index in [0.29, 0.717) is 5.57 Å². The zero-order valence-electron chi connectivity index (χ0n) is 8.05. The predicted octanol–water partition coefficient (Wildman–Crippen LogP) is 2.20. The van der Waals surface area contributed by atoms with Gasteiger partial charge in [-0.05, 0) is 27.7 Å². The third-order valence-corrected chi connectivity index (χ3v) is 2.33. The lowest BCUT2D eigenvalue weighted by molar-refractivity contribution is -0.151. The van der Waals surface area contributed by atoms with Crippen LogP contribution in [-0.4, -0.2) is 16.8 Å². The highest BCUT2D eigenvalue weighted by Gasteiger charge is 2.27. The minimum atomic E-state index is -0.543. The van der Waals surface area contributed by atoms with Crippen LogP contribution in [0.5, 0.6) is 0 Å². The van der Waals surface area contributed by atoms with E-state index in [2.05, 4.69) is 19.2 Å². The molecule has 0 amide bonds. The van der Waals surface area contributed by atoms with E-state index in [9.17, 15) is 4.79 Å². The van der Waals surface area contributed by atoms with Gasteiger partial charge in [0.25, 0.3) is 0 Å². The summed E-state index contributed by atoms with van der Waals surface area (Å²) >= 11 is 4.21. The normalized spacial score (nSPS) is 13.8. The van der Waals surface area contributed by atoms with Crippen LogP contribution < -0.4 is 0 Å². The monoisotopic (exact) mass is 188 g/mol. The lowest BCUT2D eigenvalue weighted by Gasteiger charge is -2.28. The Labute approximate surface area is 79.4 Å². The van der Waals surface area contributed by atoms with Gasteiger partial charge in [0, 0.05) is 10.8 Å². The van der Waals surface area contributed by atoms with E-state index in [1.54, 1.807) is 6.92 Å². The summed E-state index contributed by atoms with van der Waals surface area (Å²) in [5.74, 6) is -0.360. The lowest BCUT2D eigenvalue weighted by Crippen LogP contribution is -2.36. The predicted molar refractivity (Wildman–Crippen MR) is 53.4 cm³/mol. The summed E-state index contributed by atoms with van der Waals surface area (Å²) in [7, 11) is 0. The summed E-state index contributed by atoms with van der Waals surface area (Å²) in [5.41, 5.74) is -0.129. The Morgan fingerprint density at radius 2 is 2.00 bits per heavy atom. The maximum atomic E-state index is 11.1. The number of carbonyl (C=O) groups is 1. The first-order chi connectivity index (χ1) is 5.27. The summed E-state index contributed by atoms with van der Waals surface area (Å²) in [6.07, 6.45) is 0. The molecule has 0 aliphatic heterocycles. The standard InChI is InChI=1S/C9H16O2S/c1-6(2)8(10)11-9(4,5)7(3)12/h7,12H,1H2,2-5H3. The lowest BCUT2D eigenvalue weighted by atomic mass is 10.1. The van der Waals surface area contributed by atoms with Crippen molar-refractivity contribution in [2.75, 3.05) is 0 Å². The summed E-state index contributed by atoms with van der Waals surface area (Å²) in [4.78, 5) is 11.1. The third kappa shape index (κ3) is 3.30. The van der Waals surface area contributed by atoms with E-state index in [0.717, 1.165) is 0 Å². The molecule has 0 bridgehead atoms. The van der Waals surface area contributed by atoms with Crippen LogP contribution in [0.4, 0.5) is 0 Å². The molecule has 12 heavy (non-hydrogen) atoms. The van der Waals surface area contributed by atoms with Gasteiger partial charge in [-0.2, -0.15) is 12.6 Å². The molecule has 1 atom stereocenters. The zero-order valence-corrected chi connectivity index (χ0v) is 8.94. The fourth-order valence-electron chi connectivity index (χ4n) is 0.411. The van der Waals surface area contributed by atoms with E-state index in [1.165, 1.54) is 0 Å². The van der Waals surface area contributed by atoms with Crippen LogP contribution in [0.25, 0.3) is 0 Å². The van der Waals surface area contributed by atoms with Gasteiger partial charge in [0.2, 0.25) is 0 Å². The van der Waals surface area contributed by atoms with Crippen molar-refractivity contribution in [1.29, 1.82) is 0 Å². The minimum absolute atomic E-state index is 0.000741. The Kier molecular flexibility index (Phi) is 3.84. The molecule has 0 saturated heterocycles. The van der Waals surface area contributed by atoms with E-state index < -0.39 is 5.60 Å². The van der Waals surface area contributed by atoms with Gasteiger partial charge in [-0.15, -0.1) is 0 Å². The zero-order chi connectivity index (χ0) is 9.94. The van der Waals surface area contributed by atoms with E-state index in [4.69, 9.17) is 4.74 Å². The SMILES string of the molecule is C=C(C)C(=O)OC(C)(C)C(C)S. The molecule has 0 spiro atoms. The first kappa shape index (κ1) is 11.6. The molecule has 0 aromatic rings. The van der Waals surface area contributed by atoms with Crippen LogP contribution in [0.3, 0.4) is 0 Å². The van der Waals surface area contributed by atoms with Gasteiger partial charge in [0.05, 0.1) is 0 Å². The number of carbonyl (C=O) groups excluding carboxylic acids is 1. The van der Waals surface area contributed by atoms with Gasteiger partial charge in [-0.25, -0.2) is 4.79 Å². The van der Waals surface area contributed by atoms with Crippen molar-refractivity contribution in [3.05, 3.63) is 12.2 Å². The average molecular weight is 188 g/mol. The van der Waals surface area contributed by atoms with E-state index in [-0.39, 0.29) is 11.2 Å². The Bertz CT molecular complexity index is 195. The molecule has 1 unspecified atom stereocenters. The van der Waals surface area contributed by atoms with Crippen molar-refractivity contribution in [3.63, 3.8) is 0 Å². The summed E-state index contributed by atoms with van der Waals surface area (Å²) in [5, 5.41) is 0.000741. The maximum absolute atomic E-state index is 11.1. The highest BCUT2D eigenvalue weighted by Crippen LogP contribution is 2.20. The largest absolute Gasteiger partial charge is 0.455 e. The van der Waals surface area contributed by atoms with Crippen molar-refractivity contribution in [1.82, 2.24) is 0 Å². The number of esters is 1. The van der Waals surface area contributed by atoms with Crippen LogP contribution in [0.2, 0.25) is 0 Å².